The Kier molecular flexibility index (Phi) is 8.87. The van der Waals surface area contributed by atoms with Crippen molar-refractivity contribution in [2.45, 2.75) is 33.4 Å². The first-order valence-corrected chi connectivity index (χ1v) is 11.2. The minimum Gasteiger partial charge on any atom is -0.392 e. The zero-order chi connectivity index (χ0) is 20.4. The van der Waals surface area contributed by atoms with Crippen LogP contribution in [0, 0.1) is 0 Å². The standard InChI is InChI=1S/C21H28NO5P/c1-3-26-28(25,27-4-2)14-13-21(24)22(16-18-9-6-5-7-10-18)20-12-8-11-19(15-20)17-23/h5-12,15,23H,3-4,13-14,16-17H2,1-2H3. The van der Waals surface area contributed by atoms with Gasteiger partial charge in [0.05, 0.1) is 32.5 Å². The number of carbonyl (C=O) groups excluding carboxylic acids is 1. The summed E-state index contributed by atoms with van der Waals surface area (Å²) >= 11 is 0. The second-order valence-corrected chi connectivity index (χ2v) is 8.40. The monoisotopic (exact) mass is 405 g/mol. The van der Waals surface area contributed by atoms with Gasteiger partial charge in [-0.05, 0) is 37.1 Å². The molecule has 0 aliphatic rings. The van der Waals surface area contributed by atoms with E-state index < -0.39 is 7.60 Å². The maximum atomic E-state index is 13.0. The Hall–Kier alpha value is -1.98. The van der Waals surface area contributed by atoms with Crippen molar-refractivity contribution >= 4 is 19.2 Å². The molecule has 0 aliphatic carbocycles. The summed E-state index contributed by atoms with van der Waals surface area (Å²) in [6.45, 7) is 4.29. The van der Waals surface area contributed by atoms with Gasteiger partial charge in [-0.15, -0.1) is 0 Å². The van der Waals surface area contributed by atoms with E-state index in [1.54, 1.807) is 36.9 Å². The number of aliphatic hydroxyl groups is 1. The van der Waals surface area contributed by atoms with Crippen LogP contribution < -0.4 is 4.90 Å². The first kappa shape index (κ1) is 22.3. The number of anilines is 1. The first-order valence-electron chi connectivity index (χ1n) is 9.43. The Morgan fingerprint density at radius 3 is 2.25 bits per heavy atom. The lowest BCUT2D eigenvalue weighted by atomic mass is 10.1. The van der Waals surface area contributed by atoms with Gasteiger partial charge < -0.3 is 19.1 Å². The highest BCUT2D eigenvalue weighted by atomic mass is 31.2. The third kappa shape index (κ3) is 6.57. The Labute approximate surface area is 166 Å². The molecule has 0 atom stereocenters. The van der Waals surface area contributed by atoms with Crippen molar-refractivity contribution in [3.63, 3.8) is 0 Å². The summed E-state index contributed by atoms with van der Waals surface area (Å²) in [4.78, 5) is 14.7. The molecular weight excluding hydrogens is 377 g/mol. The molecule has 2 aromatic carbocycles. The van der Waals surface area contributed by atoms with Gasteiger partial charge in [0.25, 0.3) is 0 Å². The molecule has 0 saturated carbocycles. The molecule has 1 N–H and O–H groups in total. The number of hydrogen-bond acceptors (Lipinski definition) is 5. The smallest absolute Gasteiger partial charge is 0.331 e. The Morgan fingerprint density at radius 1 is 1.00 bits per heavy atom. The zero-order valence-electron chi connectivity index (χ0n) is 16.4. The summed E-state index contributed by atoms with van der Waals surface area (Å²) in [5.41, 5.74) is 2.38. The number of amides is 1. The fourth-order valence-corrected chi connectivity index (χ4v) is 4.42. The van der Waals surface area contributed by atoms with Crippen LogP contribution in [-0.2, 0) is 31.6 Å². The molecule has 0 bridgehead atoms. The van der Waals surface area contributed by atoms with Crippen LogP contribution in [0.2, 0.25) is 0 Å². The minimum atomic E-state index is -3.29. The van der Waals surface area contributed by atoms with E-state index >= 15 is 0 Å². The highest BCUT2D eigenvalue weighted by Crippen LogP contribution is 2.48. The van der Waals surface area contributed by atoms with E-state index in [1.165, 1.54) is 0 Å². The van der Waals surface area contributed by atoms with Crippen LogP contribution in [-0.4, -0.2) is 30.4 Å². The van der Waals surface area contributed by atoms with Crippen LogP contribution in [0.4, 0.5) is 5.69 Å². The van der Waals surface area contributed by atoms with Crippen molar-refractivity contribution in [1.82, 2.24) is 0 Å². The molecule has 28 heavy (non-hydrogen) atoms. The fraction of sp³-hybridized carbons (Fsp3) is 0.381. The topological polar surface area (TPSA) is 76.1 Å². The third-order valence-electron chi connectivity index (χ3n) is 4.14. The molecule has 6 nitrogen and oxygen atoms in total. The predicted molar refractivity (Wildman–Crippen MR) is 110 cm³/mol. The number of carbonyl (C=O) groups is 1. The highest BCUT2D eigenvalue weighted by molar-refractivity contribution is 7.53. The average Bonchev–Trinajstić information content (AvgIpc) is 2.71. The average molecular weight is 405 g/mol. The normalized spacial score (nSPS) is 11.4. The summed E-state index contributed by atoms with van der Waals surface area (Å²) in [6.07, 6.45) is 0.0615. The van der Waals surface area contributed by atoms with Gasteiger partial charge in [-0.3, -0.25) is 9.36 Å². The van der Waals surface area contributed by atoms with Gasteiger partial charge >= 0.3 is 7.60 Å². The number of aliphatic hydroxyl groups excluding tert-OH is 1. The van der Waals surface area contributed by atoms with Crippen molar-refractivity contribution in [3.05, 3.63) is 65.7 Å². The summed E-state index contributed by atoms with van der Waals surface area (Å²) in [6, 6.07) is 16.9. The van der Waals surface area contributed by atoms with Crippen LogP contribution in [0.5, 0.6) is 0 Å². The molecule has 0 fully saturated rings. The zero-order valence-corrected chi connectivity index (χ0v) is 17.3. The summed E-state index contributed by atoms with van der Waals surface area (Å²) in [7, 11) is -3.29. The van der Waals surface area contributed by atoms with Crippen molar-refractivity contribution < 1.29 is 23.5 Å². The molecule has 0 radical (unpaired) electrons. The lowest BCUT2D eigenvalue weighted by Crippen LogP contribution is -2.31. The van der Waals surface area contributed by atoms with E-state index in [4.69, 9.17) is 9.05 Å². The van der Waals surface area contributed by atoms with E-state index in [2.05, 4.69) is 0 Å². The van der Waals surface area contributed by atoms with Crippen molar-refractivity contribution in [1.29, 1.82) is 0 Å². The summed E-state index contributed by atoms with van der Waals surface area (Å²) < 4.78 is 23.3. The number of nitrogens with zero attached hydrogens (tertiary/aromatic N) is 1. The van der Waals surface area contributed by atoms with Gasteiger partial charge in [0.1, 0.15) is 0 Å². The van der Waals surface area contributed by atoms with Crippen LogP contribution in [0.1, 0.15) is 31.4 Å². The Balaban J connectivity index is 2.22. The minimum absolute atomic E-state index is 0.0263. The van der Waals surface area contributed by atoms with Crippen molar-refractivity contribution in [2.24, 2.45) is 0 Å². The van der Waals surface area contributed by atoms with Gasteiger partial charge in [0, 0.05) is 12.1 Å². The second-order valence-electron chi connectivity index (χ2n) is 6.21. The Bertz CT molecular complexity index is 786. The molecule has 0 unspecified atom stereocenters. The molecule has 0 aliphatic heterocycles. The van der Waals surface area contributed by atoms with Crippen molar-refractivity contribution in [3.8, 4) is 0 Å². The van der Waals surface area contributed by atoms with Gasteiger partial charge in [-0.25, -0.2) is 0 Å². The van der Waals surface area contributed by atoms with E-state index in [0.29, 0.717) is 12.2 Å². The van der Waals surface area contributed by atoms with Gasteiger partial charge in [0.15, 0.2) is 0 Å². The maximum absolute atomic E-state index is 13.0. The molecule has 0 heterocycles. The summed E-state index contributed by atoms with van der Waals surface area (Å²) in [5, 5.41) is 9.43. The molecule has 2 aromatic rings. The molecular formula is C21H28NO5P. The van der Waals surface area contributed by atoms with E-state index in [-0.39, 0.29) is 38.3 Å². The lowest BCUT2D eigenvalue weighted by molar-refractivity contribution is -0.118. The maximum Gasteiger partial charge on any atom is 0.331 e. The molecule has 152 valence electrons. The van der Waals surface area contributed by atoms with Gasteiger partial charge in [-0.1, -0.05) is 42.5 Å². The summed E-state index contributed by atoms with van der Waals surface area (Å²) in [5.74, 6) is -0.182. The largest absolute Gasteiger partial charge is 0.392 e. The van der Waals surface area contributed by atoms with Crippen molar-refractivity contribution in [2.75, 3.05) is 24.3 Å². The number of benzene rings is 2. The van der Waals surface area contributed by atoms with Gasteiger partial charge in [-0.2, -0.15) is 0 Å². The van der Waals surface area contributed by atoms with Crippen LogP contribution in [0.3, 0.4) is 0 Å². The fourth-order valence-electron chi connectivity index (χ4n) is 2.84. The van der Waals surface area contributed by atoms with Crippen LogP contribution in [0.25, 0.3) is 0 Å². The lowest BCUT2D eigenvalue weighted by Gasteiger charge is -2.25. The van der Waals surface area contributed by atoms with E-state index in [1.807, 2.05) is 36.4 Å². The Morgan fingerprint density at radius 2 is 1.64 bits per heavy atom. The highest BCUT2D eigenvalue weighted by Gasteiger charge is 2.27. The second kappa shape index (κ2) is 11.1. The van der Waals surface area contributed by atoms with E-state index in [0.717, 1.165) is 11.1 Å². The molecule has 2 rings (SSSR count). The van der Waals surface area contributed by atoms with Crippen LogP contribution in [0.15, 0.2) is 54.6 Å². The first-order chi connectivity index (χ1) is 13.5. The third-order valence-corrected chi connectivity index (χ3v) is 6.22. The quantitative estimate of drug-likeness (QED) is 0.562. The molecule has 0 aromatic heterocycles. The SMILES string of the molecule is CCOP(=O)(CCC(=O)N(Cc1ccccc1)c1cccc(CO)c1)OCC. The van der Waals surface area contributed by atoms with E-state index in [9.17, 15) is 14.5 Å². The predicted octanol–water partition coefficient (Wildman–Crippen LogP) is 4.37. The number of rotatable bonds is 11. The number of hydrogen-bond donors (Lipinski definition) is 1. The van der Waals surface area contributed by atoms with Gasteiger partial charge in [0.2, 0.25) is 5.91 Å². The molecule has 7 heteroatoms. The molecule has 1 amide bonds. The molecule has 0 saturated heterocycles. The molecule has 0 spiro atoms. The van der Waals surface area contributed by atoms with Crippen LogP contribution >= 0.6 is 7.60 Å².